The van der Waals surface area contributed by atoms with E-state index in [9.17, 15) is 8.78 Å². The van der Waals surface area contributed by atoms with E-state index in [2.05, 4.69) is 12.2 Å². The van der Waals surface area contributed by atoms with Crippen LogP contribution in [0.25, 0.3) is 0 Å². The van der Waals surface area contributed by atoms with Gasteiger partial charge in [0.2, 0.25) is 0 Å². The minimum absolute atomic E-state index is 0.323. The first kappa shape index (κ1) is 16.4. The minimum Gasteiger partial charge on any atom is -0.317 e. The number of hydrogen-bond acceptors (Lipinski definition) is 1. The largest absolute Gasteiger partial charge is 0.317 e. The third-order valence-electron chi connectivity index (χ3n) is 3.07. The number of halogens is 3. The maximum Gasteiger partial charge on any atom is 0.160 e. The Kier molecular flexibility index (Phi) is 7.99. The topological polar surface area (TPSA) is 12.0 Å². The van der Waals surface area contributed by atoms with Crippen molar-refractivity contribution in [3.05, 3.63) is 34.4 Å². The lowest BCUT2D eigenvalue weighted by atomic mass is 10.1. The molecule has 0 unspecified atom stereocenters. The van der Waals surface area contributed by atoms with Crippen LogP contribution in [0.5, 0.6) is 0 Å². The Morgan fingerprint density at radius 2 is 1.68 bits per heavy atom. The summed E-state index contributed by atoms with van der Waals surface area (Å²) in [6.45, 7) is 4.28. The van der Waals surface area contributed by atoms with E-state index in [0.717, 1.165) is 51.3 Å². The third-order valence-corrected chi connectivity index (χ3v) is 3.42. The zero-order valence-electron chi connectivity index (χ0n) is 11.4. The number of aryl methyl sites for hydroxylation is 1. The first-order chi connectivity index (χ1) is 9.15. The quantitative estimate of drug-likeness (QED) is 0.512. The lowest BCUT2D eigenvalue weighted by molar-refractivity contribution is 0.506. The SMILES string of the molecule is CCCNCCCCCCc1cc(F)c(F)cc1Cl. The van der Waals surface area contributed by atoms with Gasteiger partial charge in [0.15, 0.2) is 11.6 Å². The van der Waals surface area contributed by atoms with Gasteiger partial charge in [0, 0.05) is 5.02 Å². The number of benzene rings is 1. The molecule has 0 atom stereocenters. The average Bonchev–Trinajstić information content (AvgIpc) is 2.38. The van der Waals surface area contributed by atoms with Gasteiger partial charge in [-0.1, -0.05) is 31.4 Å². The highest BCUT2D eigenvalue weighted by Gasteiger charge is 2.07. The molecule has 0 saturated carbocycles. The van der Waals surface area contributed by atoms with Crippen molar-refractivity contribution in [1.82, 2.24) is 5.32 Å². The molecule has 0 radical (unpaired) electrons. The number of rotatable bonds is 9. The lowest BCUT2D eigenvalue weighted by Crippen LogP contribution is -2.15. The van der Waals surface area contributed by atoms with Gasteiger partial charge in [0.25, 0.3) is 0 Å². The molecule has 0 amide bonds. The van der Waals surface area contributed by atoms with Crippen molar-refractivity contribution in [3.8, 4) is 0 Å². The first-order valence-electron chi connectivity index (χ1n) is 6.99. The van der Waals surface area contributed by atoms with Crippen molar-refractivity contribution in [2.45, 2.75) is 45.4 Å². The summed E-state index contributed by atoms with van der Waals surface area (Å²) in [5.41, 5.74) is 0.699. The monoisotopic (exact) mass is 289 g/mol. The van der Waals surface area contributed by atoms with Gasteiger partial charge in [0.1, 0.15) is 0 Å². The molecule has 19 heavy (non-hydrogen) atoms. The fourth-order valence-electron chi connectivity index (χ4n) is 1.98. The molecule has 0 fully saturated rings. The number of hydrogen-bond donors (Lipinski definition) is 1. The fraction of sp³-hybridized carbons (Fsp3) is 0.600. The summed E-state index contributed by atoms with van der Waals surface area (Å²) < 4.78 is 25.9. The summed E-state index contributed by atoms with van der Waals surface area (Å²) in [4.78, 5) is 0. The van der Waals surface area contributed by atoms with E-state index < -0.39 is 11.6 Å². The Morgan fingerprint density at radius 3 is 2.42 bits per heavy atom. The van der Waals surface area contributed by atoms with Gasteiger partial charge in [0.05, 0.1) is 0 Å². The molecular formula is C15H22ClF2N. The lowest BCUT2D eigenvalue weighted by Gasteiger charge is -2.06. The van der Waals surface area contributed by atoms with Gasteiger partial charge in [-0.25, -0.2) is 8.78 Å². The molecule has 0 aliphatic rings. The van der Waals surface area contributed by atoms with Crippen LogP contribution >= 0.6 is 11.6 Å². The molecular weight excluding hydrogens is 268 g/mol. The Balaban J connectivity index is 2.17. The van der Waals surface area contributed by atoms with E-state index >= 15 is 0 Å². The van der Waals surface area contributed by atoms with Crippen molar-refractivity contribution in [2.24, 2.45) is 0 Å². The summed E-state index contributed by atoms with van der Waals surface area (Å²) in [6, 6.07) is 2.27. The van der Waals surface area contributed by atoms with Crippen LogP contribution in [0.2, 0.25) is 5.02 Å². The van der Waals surface area contributed by atoms with Crippen molar-refractivity contribution in [3.63, 3.8) is 0 Å². The van der Waals surface area contributed by atoms with Crippen LogP contribution in [-0.2, 0) is 6.42 Å². The van der Waals surface area contributed by atoms with Gasteiger partial charge in [-0.15, -0.1) is 0 Å². The summed E-state index contributed by atoms with van der Waals surface area (Å²) in [5.74, 6) is -1.70. The predicted molar refractivity (Wildman–Crippen MR) is 76.7 cm³/mol. The molecule has 0 aromatic heterocycles. The maximum atomic E-state index is 13.1. The molecule has 1 nitrogen and oxygen atoms in total. The molecule has 4 heteroatoms. The highest BCUT2D eigenvalue weighted by atomic mass is 35.5. The standard InChI is InChI=1S/C15H22ClF2N/c1-2-8-19-9-6-4-3-5-7-12-10-14(17)15(18)11-13(12)16/h10-11,19H,2-9H2,1H3. The second kappa shape index (κ2) is 9.27. The van der Waals surface area contributed by atoms with Gasteiger partial charge in [-0.05, 0) is 56.5 Å². The van der Waals surface area contributed by atoms with Gasteiger partial charge in [-0.2, -0.15) is 0 Å². The molecule has 0 spiro atoms. The van der Waals surface area contributed by atoms with Gasteiger partial charge in [-0.3, -0.25) is 0 Å². The molecule has 1 aromatic carbocycles. The summed E-state index contributed by atoms with van der Waals surface area (Å²) in [5, 5.41) is 3.68. The van der Waals surface area contributed by atoms with Crippen LogP contribution in [0.15, 0.2) is 12.1 Å². The van der Waals surface area contributed by atoms with E-state index in [-0.39, 0.29) is 0 Å². The van der Waals surface area contributed by atoms with Gasteiger partial charge < -0.3 is 5.32 Å². The second-order valence-electron chi connectivity index (χ2n) is 4.77. The number of unbranched alkanes of at least 4 members (excludes halogenated alkanes) is 3. The molecule has 0 heterocycles. The number of nitrogens with one attached hydrogen (secondary N) is 1. The summed E-state index contributed by atoms with van der Waals surface area (Å²) in [6.07, 6.45) is 6.22. The second-order valence-corrected chi connectivity index (χ2v) is 5.18. The van der Waals surface area contributed by atoms with E-state index in [4.69, 9.17) is 11.6 Å². The zero-order chi connectivity index (χ0) is 14.1. The molecule has 1 N–H and O–H groups in total. The molecule has 1 aromatic rings. The minimum atomic E-state index is -0.879. The highest BCUT2D eigenvalue weighted by molar-refractivity contribution is 6.31. The van der Waals surface area contributed by atoms with Crippen LogP contribution in [0.1, 0.15) is 44.6 Å². The smallest absolute Gasteiger partial charge is 0.160 e. The Labute approximate surface area is 119 Å². The molecule has 0 bridgehead atoms. The van der Waals surface area contributed by atoms with Crippen molar-refractivity contribution < 1.29 is 8.78 Å². The first-order valence-corrected chi connectivity index (χ1v) is 7.37. The molecule has 0 aliphatic heterocycles. The Morgan fingerprint density at radius 1 is 1.00 bits per heavy atom. The normalized spacial score (nSPS) is 10.9. The van der Waals surface area contributed by atoms with Crippen LogP contribution < -0.4 is 5.32 Å². The van der Waals surface area contributed by atoms with Crippen molar-refractivity contribution >= 4 is 11.6 Å². The molecule has 1 rings (SSSR count). The maximum absolute atomic E-state index is 13.1. The average molecular weight is 290 g/mol. The van der Waals surface area contributed by atoms with Crippen LogP contribution in [0, 0.1) is 11.6 Å². The van der Waals surface area contributed by atoms with E-state index in [1.807, 2.05) is 0 Å². The van der Waals surface area contributed by atoms with Crippen molar-refractivity contribution in [1.29, 1.82) is 0 Å². The highest BCUT2D eigenvalue weighted by Crippen LogP contribution is 2.22. The molecule has 108 valence electrons. The third kappa shape index (κ3) is 6.35. The van der Waals surface area contributed by atoms with Crippen molar-refractivity contribution in [2.75, 3.05) is 13.1 Å². The summed E-state index contributed by atoms with van der Waals surface area (Å²) >= 11 is 5.88. The fourth-order valence-corrected chi connectivity index (χ4v) is 2.22. The predicted octanol–water partition coefficient (Wildman–Crippen LogP) is 4.72. The Hall–Kier alpha value is -0.670. The van der Waals surface area contributed by atoms with Crippen LogP contribution in [0.3, 0.4) is 0 Å². The van der Waals surface area contributed by atoms with E-state index in [0.29, 0.717) is 17.0 Å². The van der Waals surface area contributed by atoms with E-state index in [1.165, 1.54) is 6.07 Å². The van der Waals surface area contributed by atoms with Crippen LogP contribution in [0.4, 0.5) is 8.78 Å². The summed E-state index contributed by atoms with van der Waals surface area (Å²) in [7, 11) is 0. The molecule has 0 aliphatic carbocycles. The Bertz CT molecular complexity index is 383. The van der Waals surface area contributed by atoms with E-state index in [1.54, 1.807) is 0 Å². The van der Waals surface area contributed by atoms with Crippen LogP contribution in [-0.4, -0.2) is 13.1 Å². The van der Waals surface area contributed by atoms with Gasteiger partial charge >= 0.3 is 0 Å². The molecule has 0 saturated heterocycles. The zero-order valence-corrected chi connectivity index (χ0v) is 12.2.